The first kappa shape index (κ1) is 18.0. The monoisotopic (exact) mass is 384 g/mol. The lowest BCUT2D eigenvalue weighted by Crippen LogP contribution is -2.37. The number of nitrogens with zero attached hydrogens (tertiary/aromatic N) is 2. The highest BCUT2D eigenvalue weighted by Crippen LogP contribution is 2.46. The lowest BCUT2D eigenvalue weighted by Gasteiger charge is -2.28. The molecular weight excluding hydrogens is 364 g/mol. The van der Waals surface area contributed by atoms with Gasteiger partial charge in [-0.3, -0.25) is 19.3 Å². The van der Waals surface area contributed by atoms with E-state index in [1.807, 2.05) is 49.4 Å². The Bertz CT molecular complexity index is 840. The van der Waals surface area contributed by atoms with Gasteiger partial charge in [-0.15, -0.1) is 0 Å². The predicted molar refractivity (Wildman–Crippen MR) is 103 cm³/mol. The van der Waals surface area contributed by atoms with Crippen LogP contribution in [0.4, 0.5) is 5.69 Å². The summed E-state index contributed by atoms with van der Waals surface area (Å²) in [7, 11) is 0. The molecule has 3 unspecified atom stereocenters. The van der Waals surface area contributed by atoms with E-state index in [4.69, 9.17) is 16.4 Å². The molecule has 0 aromatic heterocycles. The molecule has 2 aromatic carbocycles. The van der Waals surface area contributed by atoms with Gasteiger partial charge in [-0.25, -0.2) is 5.06 Å². The van der Waals surface area contributed by atoms with E-state index in [1.165, 1.54) is 4.90 Å². The Hall–Kier alpha value is -2.37. The molecule has 140 valence electrons. The number of amides is 2. The highest BCUT2D eigenvalue weighted by atomic mass is 35.5. The van der Waals surface area contributed by atoms with Gasteiger partial charge in [0.05, 0.1) is 11.7 Å². The number of hydrogen-bond donors (Lipinski definition) is 0. The summed E-state index contributed by atoms with van der Waals surface area (Å²) in [6, 6.07) is 16.6. The second-order valence-electron chi connectivity index (χ2n) is 6.89. The Morgan fingerprint density at radius 3 is 2.37 bits per heavy atom. The fraction of sp³-hybridized carbons (Fsp3) is 0.333. The van der Waals surface area contributed by atoms with Crippen LogP contribution in [0.1, 0.15) is 31.4 Å². The summed E-state index contributed by atoms with van der Waals surface area (Å²) >= 11 is 6.01. The topological polar surface area (TPSA) is 49.9 Å². The molecule has 2 heterocycles. The smallest absolute Gasteiger partial charge is 0.261 e. The average molecular weight is 385 g/mol. The number of unbranched alkanes of at least 4 members (excludes halogenated alkanes) is 1. The van der Waals surface area contributed by atoms with Crippen molar-refractivity contribution in [1.82, 2.24) is 4.90 Å². The van der Waals surface area contributed by atoms with E-state index in [1.54, 1.807) is 17.2 Å². The van der Waals surface area contributed by atoms with E-state index in [0.29, 0.717) is 11.6 Å². The standard InChI is InChI=1S/C21H21ClN2O3/c1-2-3-13-23-20(25)17-18(14-7-5-4-6-8-14)24(27-19(17)21(23)26)16-11-9-15(22)10-12-16/h4-12,17-19H,2-3,13H2,1H3. The molecule has 5 nitrogen and oxygen atoms in total. The molecule has 2 amide bonds. The molecule has 27 heavy (non-hydrogen) atoms. The van der Waals surface area contributed by atoms with Crippen molar-refractivity contribution in [3.63, 3.8) is 0 Å². The van der Waals surface area contributed by atoms with Gasteiger partial charge in [0.15, 0.2) is 6.10 Å². The van der Waals surface area contributed by atoms with Crippen molar-refractivity contribution in [2.24, 2.45) is 5.92 Å². The van der Waals surface area contributed by atoms with Crippen LogP contribution in [-0.2, 0) is 14.4 Å². The number of halogens is 1. The maximum atomic E-state index is 13.1. The minimum Gasteiger partial charge on any atom is -0.280 e. The fourth-order valence-electron chi connectivity index (χ4n) is 3.81. The number of carbonyl (C=O) groups excluding carboxylic acids is 2. The van der Waals surface area contributed by atoms with E-state index >= 15 is 0 Å². The average Bonchev–Trinajstić information content (AvgIpc) is 3.19. The van der Waals surface area contributed by atoms with Crippen LogP contribution in [0.3, 0.4) is 0 Å². The SMILES string of the molecule is CCCCN1C(=O)C2ON(c3ccc(Cl)cc3)C(c3ccccc3)C2C1=O. The summed E-state index contributed by atoms with van der Waals surface area (Å²) in [4.78, 5) is 33.4. The zero-order valence-electron chi connectivity index (χ0n) is 15.0. The Morgan fingerprint density at radius 1 is 1.00 bits per heavy atom. The molecule has 2 aliphatic rings. The summed E-state index contributed by atoms with van der Waals surface area (Å²) in [5.41, 5.74) is 1.71. The Balaban J connectivity index is 1.73. The Morgan fingerprint density at radius 2 is 1.70 bits per heavy atom. The summed E-state index contributed by atoms with van der Waals surface area (Å²) < 4.78 is 0. The van der Waals surface area contributed by atoms with Crippen LogP contribution >= 0.6 is 11.6 Å². The number of benzene rings is 2. The first-order valence-electron chi connectivity index (χ1n) is 9.23. The third kappa shape index (κ3) is 3.11. The van der Waals surface area contributed by atoms with Crippen LogP contribution in [0, 0.1) is 5.92 Å². The van der Waals surface area contributed by atoms with E-state index in [-0.39, 0.29) is 17.9 Å². The van der Waals surface area contributed by atoms with Crippen molar-refractivity contribution in [3.8, 4) is 0 Å². The number of hydrogen-bond acceptors (Lipinski definition) is 4. The molecule has 3 atom stereocenters. The molecule has 0 saturated carbocycles. The minimum atomic E-state index is -0.782. The van der Waals surface area contributed by atoms with Gasteiger partial charge >= 0.3 is 0 Å². The quantitative estimate of drug-likeness (QED) is 0.731. The number of anilines is 1. The third-order valence-electron chi connectivity index (χ3n) is 5.16. The highest BCUT2D eigenvalue weighted by Gasteiger charge is 2.59. The predicted octanol–water partition coefficient (Wildman–Crippen LogP) is 3.99. The zero-order valence-corrected chi connectivity index (χ0v) is 15.8. The second kappa shape index (κ2) is 7.33. The van der Waals surface area contributed by atoms with Crippen LogP contribution in [0.15, 0.2) is 54.6 Å². The van der Waals surface area contributed by atoms with Crippen molar-refractivity contribution < 1.29 is 14.4 Å². The number of rotatable bonds is 5. The van der Waals surface area contributed by atoms with Gasteiger partial charge in [-0.2, -0.15) is 0 Å². The first-order chi connectivity index (χ1) is 13.1. The Kier molecular flexibility index (Phi) is 4.89. The van der Waals surface area contributed by atoms with E-state index in [2.05, 4.69) is 0 Å². The van der Waals surface area contributed by atoms with Gasteiger partial charge in [0.1, 0.15) is 5.92 Å². The summed E-state index contributed by atoms with van der Waals surface area (Å²) in [6.45, 7) is 2.49. The normalized spacial score (nSPS) is 24.6. The van der Waals surface area contributed by atoms with Crippen molar-refractivity contribution in [2.45, 2.75) is 31.9 Å². The Labute approximate surface area is 163 Å². The molecule has 2 fully saturated rings. The maximum Gasteiger partial charge on any atom is 0.261 e. The maximum absolute atomic E-state index is 13.1. The lowest BCUT2D eigenvalue weighted by atomic mass is 9.90. The molecule has 0 N–H and O–H groups in total. The largest absolute Gasteiger partial charge is 0.280 e. The van der Waals surface area contributed by atoms with Crippen molar-refractivity contribution in [2.75, 3.05) is 11.6 Å². The molecular formula is C21H21ClN2O3. The summed E-state index contributed by atoms with van der Waals surface area (Å²) in [5.74, 6) is -0.938. The molecule has 2 saturated heterocycles. The summed E-state index contributed by atoms with van der Waals surface area (Å²) in [6.07, 6.45) is 0.940. The van der Waals surface area contributed by atoms with E-state index in [0.717, 1.165) is 24.1 Å². The molecule has 0 aliphatic carbocycles. The van der Waals surface area contributed by atoms with Crippen LogP contribution < -0.4 is 5.06 Å². The second-order valence-corrected chi connectivity index (χ2v) is 7.33. The molecule has 6 heteroatoms. The third-order valence-corrected chi connectivity index (χ3v) is 5.42. The number of imide groups is 1. The first-order valence-corrected chi connectivity index (χ1v) is 9.61. The van der Waals surface area contributed by atoms with Gasteiger partial charge in [0.25, 0.3) is 5.91 Å². The van der Waals surface area contributed by atoms with Crippen molar-refractivity contribution in [1.29, 1.82) is 0 Å². The van der Waals surface area contributed by atoms with Gasteiger partial charge in [0.2, 0.25) is 5.91 Å². The number of carbonyl (C=O) groups is 2. The highest BCUT2D eigenvalue weighted by molar-refractivity contribution is 6.30. The molecule has 0 spiro atoms. The van der Waals surface area contributed by atoms with E-state index in [9.17, 15) is 9.59 Å². The lowest BCUT2D eigenvalue weighted by molar-refractivity contribution is -0.143. The number of likely N-dealkylation sites (tertiary alicyclic amines) is 1. The summed E-state index contributed by atoms with van der Waals surface area (Å²) in [5, 5.41) is 2.31. The molecule has 2 aromatic rings. The van der Waals surface area contributed by atoms with Crippen molar-refractivity contribution >= 4 is 29.1 Å². The fourth-order valence-corrected chi connectivity index (χ4v) is 3.94. The molecule has 0 radical (unpaired) electrons. The molecule has 4 rings (SSSR count). The van der Waals surface area contributed by atoms with Crippen LogP contribution in [0.25, 0.3) is 0 Å². The van der Waals surface area contributed by atoms with Gasteiger partial charge in [-0.1, -0.05) is 55.3 Å². The van der Waals surface area contributed by atoms with E-state index < -0.39 is 12.0 Å². The molecule has 0 bridgehead atoms. The van der Waals surface area contributed by atoms with Gasteiger partial charge in [-0.05, 0) is 36.2 Å². The zero-order chi connectivity index (χ0) is 19.0. The van der Waals surface area contributed by atoms with Crippen LogP contribution in [0.2, 0.25) is 5.02 Å². The van der Waals surface area contributed by atoms with Crippen LogP contribution in [-0.4, -0.2) is 29.4 Å². The van der Waals surface area contributed by atoms with Gasteiger partial charge < -0.3 is 0 Å². The number of hydroxylamine groups is 1. The van der Waals surface area contributed by atoms with Gasteiger partial charge in [0, 0.05) is 11.6 Å². The van der Waals surface area contributed by atoms with Crippen molar-refractivity contribution in [3.05, 3.63) is 65.2 Å². The van der Waals surface area contributed by atoms with Crippen LogP contribution in [0.5, 0.6) is 0 Å². The minimum absolute atomic E-state index is 0.149. The molecule has 2 aliphatic heterocycles. The number of fused-ring (bicyclic) bond motifs is 1.